The number of aliphatic hydroxyl groups excluding tert-OH is 1. The van der Waals surface area contributed by atoms with E-state index in [-0.39, 0.29) is 6.10 Å². The monoisotopic (exact) mass is 268 g/mol. The van der Waals surface area contributed by atoms with Crippen molar-refractivity contribution < 1.29 is 5.11 Å². The number of aliphatic hydroxyl groups is 1. The first kappa shape index (κ1) is 13.8. The molecule has 2 atom stereocenters. The number of halogens is 1. The van der Waals surface area contributed by atoms with Gasteiger partial charge in [0.1, 0.15) is 0 Å². The zero-order valence-corrected chi connectivity index (χ0v) is 11.8. The minimum Gasteiger partial charge on any atom is -0.392 e. The van der Waals surface area contributed by atoms with Gasteiger partial charge in [0.05, 0.1) is 6.10 Å². The highest BCUT2D eigenvalue weighted by Gasteiger charge is 2.31. The molecular weight excluding hydrogens is 248 g/mol. The van der Waals surface area contributed by atoms with Crippen LogP contribution in [0.3, 0.4) is 0 Å². The molecule has 0 saturated carbocycles. The van der Waals surface area contributed by atoms with E-state index >= 15 is 0 Å². The summed E-state index contributed by atoms with van der Waals surface area (Å²) in [5.41, 5.74) is 1.14. The summed E-state index contributed by atoms with van der Waals surface area (Å²) in [5.74, 6) is 0. The third kappa shape index (κ3) is 3.45. The van der Waals surface area contributed by atoms with Crippen LogP contribution >= 0.6 is 11.6 Å². The fourth-order valence-electron chi connectivity index (χ4n) is 2.61. The Morgan fingerprint density at radius 2 is 2.11 bits per heavy atom. The van der Waals surface area contributed by atoms with E-state index in [9.17, 15) is 5.11 Å². The summed E-state index contributed by atoms with van der Waals surface area (Å²) >= 11 is 6.19. The van der Waals surface area contributed by atoms with Crippen LogP contribution in [0.1, 0.15) is 12.0 Å². The first-order chi connectivity index (χ1) is 8.56. The summed E-state index contributed by atoms with van der Waals surface area (Å²) in [6.45, 7) is 2.53. The number of hydrogen-bond donors (Lipinski definition) is 1. The number of benzene rings is 1. The Kier molecular flexibility index (Phi) is 4.62. The predicted molar refractivity (Wildman–Crippen MR) is 74.8 cm³/mol. The third-order valence-electron chi connectivity index (χ3n) is 3.41. The fourth-order valence-corrected chi connectivity index (χ4v) is 2.80. The van der Waals surface area contributed by atoms with Crippen molar-refractivity contribution in [1.29, 1.82) is 0 Å². The zero-order chi connectivity index (χ0) is 13.1. The lowest BCUT2D eigenvalue weighted by atomic mass is 10.1. The first-order valence-corrected chi connectivity index (χ1v) is 6.74. The van der Waals surface area contributed by atoms with Gasteiger partial charge in [-0.2, -0.15) is 0 Å². The van der Waals surface area contributed by atoms with Gasteiger partial charge in [0.2, 0.25) is 0 Å². The van der Waals surface area contributed by atoms with Gasteiger partial charge >= 0.3 is 0 Å². The first-order valence-electron chi connectivity index (χ1n) is 6.36. The molecule has 0 aromatic heterocycles. The molecule has 1 saturated heterocycles. The second kappa shape index (κ2) is 6.02. The van der Waals surface area contributed by atoms with E-state index in [1.807, 2.05) is 18.2 Å². The van der Waals surface area contributed by atoms with Crippen molar-refractivity contribution in [2.24, 2.45) is 0 Å². The average Bonchev–Trinajstić information content (AvgIpc) is 2.61. The maximum absolute atomic E-state index is 9.84. The summed E-state index contributed by atoms with van der Waals surface area (Å²) in [7, 11) is 4.14. The quantitative estimate of drug-likeness (QED) is 0.903. The minimum absolute atomic E-state index is 0.211. The van der Waals surface area contributed by atoms with Crippen molar-refractivity contribution in [2.75, 3.05) is 27.2 Å². The number of β-amino-alcohol motifs (C(OH)–C–C–N with tert-alkyl or cyclic N) is 1. The molecule has 2 unspecified atom stereocenters. The molecule has 1 aliphatic heterocycles. The van der Waals surface area contributed by atoms with Crippen molar-refractivity contribution in [3.8, 4) is 0 Å². The summed E-state index contributed by atoms with van der Waals surface area (Å²) < 4.78 is 0. The molecule has 1 aromatic carbocycles. The van der Waals surface area contributed by atoms with Gasteiger partial charge in [0, 0.05) is 30.7 Å². The number of hydrogen-bond acceptors (Lipinski definition) is 3. The topological polar surface area (TPSA) is 26.7 Å². The van der Waals surface area contributed by atoms with E-state index in [4.69, 9.17) is 11.6 Å². The van der Waals surface area contributed by atoms with Gasteiger partial charge in [0.15, 0.2) is 0 Å². The molecule has 0 spiro atoms. The molecular formula is C14H21ClN2O. The molecule has 0 bridgehead atoms. The van der Waals surface area contributed by atoms with Crippen molar-refractivity contribution >= 4 is 11.6 Å². The van der Waals surface area contributed by atoms with Crippen molar-refractivity contribution in [3.05, 3.63) is 34.9 Å². The van der Waals surface area contributed by atoms with Crippen LogP contribution in [0.2, 0.25) is 5.02 Å². The van der Waals surface area contributed by atoms with Crippen molar-refractivity contribution in [3.63, 3.8) is 0 Å². The normalized spacial score (nSPS) is 24.9. The molecule has 3 nitrogen and oxygen atoms in total. The second-order valence-corrected chi connectivity index (χ2v) is 5.73. The molecule has 1 aliphatic rings. The van der Waals surface area contributed by atoms with Crippen LogP contribution in [0.4, 0.5) is 0 Å². The lowest BCUT2D eigenvalue weighted by molar-refractivity contribution is 0.169. The van der Waals surface area contributed by atoms with Gasteiger partial charge in [-0.3, -0.25) is 4.90 Å². The van der Waals surface area contributed by atoms with Gasteiger partial charge in [-0.15, -0.1) is 0 Å². The molecule has 1 aromatic rings. The molecule has 0 aliphatic carbocycles. The molecule has 4 heteroatoms. The molecule has 100 valence electrons. The number of rotatable bonds is 4. The Hall–Kier alpha value is -0.610. The second-order valence-electron chi connectivity index (χ2n) is 5.33. The molecule has 2 rings (SSSR count). The van der Waals surface area contributed by atoms with E-state index in [2.05, 4.69) is 30.0 Å². The van der Waals surface area contributed by atoms with Crippen LogP contribution < -0.4 is 0 Å². The van der Waals surface area contributed by atoms with E-state index in [1.165, 1.54) is 0 Å². The standard InChI is InChI=1S/C14H21ClN2O/c1-16(2)9-12-7-13(18)10-17(12)8-11-5-3-4-6-14(11)15/h3-6,12-13,18H,7-10H2,1-2H3. The Morgan fingerprint density at radius 1 is 1.39 bits per heavy atom. The van der Waals surface area contributed by atoms with Crippen molar-refractivity contribution in [2.45, 2.75) is 25.1 Å². The summed E-state index contributed by atoms with van der Waals surface area (Å²) in [6.07, 6.45) is 0.639. The van der Waals surface area contributed by atoms with Gasteiger partial charge in [0.25, 0.3) is 0 Å². The van der Waals surface area contributed by atoms with Gasteiger partial charge in [-0.05, 0) is 32.1 Å². The third-order valence-corrected chi connectivity index (χ3v) is 3.78. The Morgan fingerprint density at radius 3 is 2.78 bits per heavy atom. The van der Waals surface area contributed by atoms with Gasteiger partial charge in [-0.25, -0.2) is 0 Å². The molecule has 18 heavy (non-hydrogen) atoms. The smallest absolute Gasteiger partial charge is 0.0682 e. The maximum atomic E-state index is 9.84. The summed E-state index contributed by atoms with van der Waals surface area (Å²) in [5, 5.41) is 10.6. The molecule has 0 amide bonds. The molecule has 1 heterocycles. The highest BCUT2D eigenvalue weighted by molar-refractivity contribution is 6.31. The average molecular weight is 269 g/mol. The summed E-state index contributed by atoms with van der Waals surface area (Å²) in [6, 6.07) is 8.34. The minimum atomic E-state index is -0.211. The SMILES string of the molecule is CN(C)CC1CC(O)CN1Cc1ccccc1Cl. The number of likely N-dealkylation sites (tertiary alicyclic amines) is 1. The Labute approximate surface area is 114 Å². The van der Waals surface area contributed by atoms with E-state index in [0.29, 0.717) is 6.04 Å². The molecule has 0 radical (unpaired) electrons. The van der Waals surface area contributed by atoms with Crippen LogP contribution in [0.5, 0.6) is 0 Å². The number of likely N-dealkylation sites (N-methyl/N-ethyl adjacent to an activating group) is 1. The lowest BCUT2D eigenvalue weighted by Crippen LogP contribution is -2.37. The van der Waals surface area contributed by atoms with Crippen molar-refractivity contribution in [1.82, 2.24) is 9.80 Å². The highest BCUT2D eigenvalue weighted by atomic mass is 35.5. The number of nitrogens with zero attached hydrogens (tertiary/aromatic N) is 2. The zero-order valence-electron chi connectivity index (χ0n) is 11.0. The van der Waals surface area contributed by atoms with Crippen LogP contribution in [-0.2, 0) is 6.54 Å². The van der Waals surface area contributed by atoms with E-state index in [1.54, 1.807) is 0 Å². The van der Waals surface area contributed by atoms with Crippen LogP contribution in [0, 0.1) is 0 Å². The van der Waals surface area contributed by atoms with E-state index < -0.39 is 0 Å². The molecule has 1 N–H and O–H groups in total. The largest absolute Gasteiger partial charge is 0.392 e. The Bertz CT molecular complexity index is 397. The van der Waals surface area contributed by atoms with Crippen LogP contribution in [0.25, 0.3) is 0 Å². The Balaban J connectivity index is 2.05. The summed E-state index contributed by atoms with van der Waals surface area (Å²) in [4.78, 5) is 4.49. The van der Waals surface area contributed by atoms with E-state index in [0.717, 1.165) is 36.6 Å². The maximum Gasteiger partial charge on any atom is 0.0682 e. The molecule has 1 fully saturated rings. The highest BCUT2D eigenvalue weighted by Crippen LogP contribution is 2.24. The van der Waals surface area contributed by atoms with Crippen LogP contribution in [-0.4, -0.2) is 54.2 Å². The van der Waals surface area contributed by atoms with Gasteiger partial charge in [-0.1, -0.05) is 29.8 Å². The predicted octanol–water partition coefficient (Wildman–Crippen LogP) is 1.84. The lowest BCUT2D eigenvalue weighted by Gasteiger charge is -2.26. The van der Waals surface area contributed by atoms with Gasteiger partial charge < -0.3 is 10.0 Å². The van der Waals surface area contributed by atoms with Crippen LogP contribution in [0.15, 0.2) is 24.3 Å². The fraction of sp³-hybridized carbons (Fsp3) is 0.571.